The van der Waals surface area contributed by atoms with E-state index in [0.29, 0.717) is 37.9 Å². The fourth-order valence-corrected chi connectivity index (χ4v) is 5.43. The number of aromatic nitrogens is 1. The maximum atomic E-state index is 13.8. The molecule has 0 saturated carbocycles. The molecule has 0 atom stereocenters. The fourth-order valence-electron chi connectivity index (χ4n) is 3.44. The number of alkyl halides is 6. The Balaban J connectivity index is 1.93. The van der Waals surface area contributed by atoms with E-state index in [0.717, 1.165) is 17.4 Å². The lowest BCUT2D eigenvalue weighted by Gasteiger charge is -2.17. The van der Waals surface area contributed by atoms with E-state index in [1.54, 1.807) is 18.2 Å². The lowest BCUT2D eigenvalue weighted by molar-refractivity contribution is -0.143. The highest BCUT2D eigenvalue weighted by Gasteiger charge is 2.38. The van der Waals surface area contributed by atoms with Gasteiger partial charge in [0.05, 0.1) is 27.6 Å². The van der Waals surface area contributed by atoms with Crippen molar-refractivity contribution in [1.29, 1.82) is 0 Å². The van der Waals surface area contributed by atoms with Crippen molar-refractivity contribution in [2.45, 2.75) is 30.0 Å². The molecule has 2 heterocycles. The molecule has 0 spiro atoms. The van der Waals surface area contributed by atoms with Crippen LogP contribution in [0.25, 0.3) is 5.57 Å². The average molecular weight is 516 g/mol. The number of halogens is 6. The molecule has 4 nitrogen and oxygen atoms in total. The predicted octanol–water partition coefficient (Wildman–Crippen LogP) is 5.41. The molecule has 178 valence electrons. The molecule has 0 aliphatic carbocycles. The van der Waals surface area contributed by atoms with Gasteiger partial charge < -0.3 is 5.11 Å². The van der Waals surface area contributed by atoms with Crippen LogP contribution in [0.15, 0.2) is 50.9 Å². The smallest absolute Gasteiger partial charge is 0.416 e. The molecule has 12 heteroatoms. The van der Waals surface area contributed by atoms with Gasteiger partial charge in [-0.15, -0.1) is 11.3 Å². The maximum Gasteiger partial charge on any atom is 0.416 e. The molecular weight excluding hydrogens is 500 g/mol. The number of nitrogens with zero attached hydrogens (tertiary/aromatic N) is 3. The highest BCUT2D eigenvalue weighted by Crippen LogP contribution is 2.40. The largest absolute Gasteiger partial charge is 0.492 e. The summed E-state index contributed by atoms with van der Waals surface area (Å²) in [5.74, 6) is 0.311. The van der Waals surface area contributed by atoms with Crippen molar-refractivity contribution in [2.24, 2.45) is 10.2 Å². The Hall–Kier alpha value is -2.86. The first-order valence-electron chi connectivity index (χ1n) is 9.82. The Morgan fingerprint density at radius 3 is 2.47 bits per heavy atom. The van der Waals surface area contributed by atoms with Gasteiger partial charge in [-0.2, -0.15) is 41.5 Å². The number of hydrogen-bond acceptors (Lipinski definition) is 6. The zero-order chi connectivity index (χ0) is 24.7. The Kier molecular flexibility index (Phi) is 6.47. The SMILES string of the molecule is CCSc1nc(O)c(C(Cc2ccc(C(F)(F)F)cc2C(F)(F)F)=c2ccc3c(c2)C=NN=3)s1. The molecule has 0 bridgehead atoms. The van der Waals surface area contributed by atoms with Crippen LogP contribution in [0, 0.1) is 0 Å². The van der Waals surface area contributed by atoms with E-state index in [2.05, 4.69) is 15.2 Å². The van der Waals surface area contributed by atoms with Crippen molar-refractivity contribution in [3.8, 4) is 5.88 Å². The number of hydrogen-bond donors (Lipinski definition) is 1. The minimum absolute atomic E-state index is 0.117. The number of thiazole rings is 1. The molecule has 0 fully saturated rings. The molecule has 0 radical (unpaired) electrons. The maximum absolute atomic E-state index is 13.8. The summed E-state index contributed by atoms with van der Waals surface area (Å²) < 4.78 is 81.1. The third kappa shape index (κ3) is 4.97. The molecule has 1 aromatic heterocycles. The summed E-state index contributed by atoms with van der Waals surface area (Å²) in [5.41, 5.74) is -2.20. The molecule has 34 heavy (non-hydrogen) atoms. The zero-order valence-electron chi connectivity index (χ0n) is 17.3. The van der Waals surface area contributed by atoms with Crippen molar-refractivity contribution in [2.75, 3.05) is 5.75 Å². The summed E-state index contributed by atoms with van der Waals surface area (Å²) in [4.78, 5) is 4.32. The number of rotatable bonds is 5. The summed E-state index contributed by atoms with van der Waals surface area (Å²) in [6.45, 7) is 1.88. The average Bonchev–Trinajstić information content (AvgIpc) is 3.36. The second kappa shape index (κ2) is 9.06. The second-order valence-electron chi connectivity index (χ2n) is 7.21. The molecule has 0 unspecified atom stereocenters. The van der Waals surface area contributed by atoms with E-state index < -0.39 is 23.5 Å². The van der Waals surface area contributed by atoms with Crippen LogP contribution in [-0.2, 0) is 18.8 Å². The summed E-state index contributed by atoms with van der Waals surface area (Å²) in [7, 11) is 0. The van der Waals surface area contributed by atoms with Crippen molar-refractivity contribution in [1.82, 2.24) is 4.98 Å². The Labute approximate surface area is 197 Å². The fraction of sp³-hybridized carbons (Fsp3) is 0.227. The minimum Gasteiger partial charge on any atom is -0.492 e. The number of aromatic hydroxyl groups is 1. The Bertz CT molecular complexity index is 1390. The minimum atomic E-state index is -5.01. The first-order valence-corrected chi connectivity index (χ1v) is 11.6. The van der Waals surface area contributed by atoms with Gasteiger partial charge in [0.15, 0.2) is 4.34 Å². The quantitative estimate of drug-likeness (QED) is 0.365. The summed E-state index contributed by atoms with van der Waals surface area (Å²) in [6, 6.07) is 6.49. The first kappa shape index (κ1) is 24.3. The molecule has 1 aliphatic heterocycles. The standard InChI is InChI=1S/C22H15F6N3OS2/c1-2-33-20-30-19(32)18(34-20)15(11-4-6-17-13(7-11)10-29-31-17)8-12-3-5-14(21(23,24)25)9-16(12)22(26,27)28/h3-7,9-10,32H,2,8H2,1H3. The third-order valence-electron chi connectivity index (χ3n) is 4.98. The van der Waals surface area contributed by atoms with Crippen LogP contribution < -0.4 is 10.6 Å². The first-order chi connectivity index (χ1) is 16.0. The van der Waals surface area contributed by atoms with Gasteiger partial charge in [0.2, 0.25) is 5.88 Å². The van der Waals surface area contributed by atoms with Crippen molar-refractivity contribution >= 4 is 34.9 Å². The highest BCUT2D eigenvalue weighted by molar-refractivity contribution is 8.01. The number of thioether (sulfide) groups is 1. The Morgan fingerprint density at radius 1 is 1.03 bits per heavy atom. The predicted molar refractivity (Wildman–Crippen MR) is 118 cm³/mol. The summed E-state index contributed by atoms with van der Waals surface area (Å²) in [6.07, 6.45) is -8.83. The van der Waals surface area contributed by atoms with E-state index >= 15 is 0 Å². The van der Waals surface area contributed by atoms with Gasteiger partial charge in [-0.3, -0.25) is 0 Å². The van der Waals surface area contributed by atoms with E-state index in [-0.39, 0.29) is 28.8 Å². The van der Waals surface area contributed by atoms with Crippen LogP contribution in [0.5, 0.6) is 5.88 Å². The van der Waals surface area contributed by atoms with Gasteiger partial charge in [0.25, 0.3) is 0 Å². The van der Waals surface area contributed by atoms with E-state index in [1.807, 2.05) is 6.92 Å². The van der Waals surface area contributed by atoms with E-state index in [4.69, 9.17) is 0 Å². The van der Waals surface area contributed by atoms with Crippen molar-refractivity contribution in [3.05, 3.63) is 74.1 Å². The summed E-state index contributed by atoms with van der Waals surface area (Å²) in [5, 5.41) is 19.3. The molecule has 0 amide bonds. The molecule has 1 aliphatic rings. The van der Waals surface area contributed by atoms with Gasteiger partial charge >= 0.3 is 12.4 Å². The highest BCUT2D eigenvalue weighted by atomic mass is 32.2. The van der Waals surface area contributed by atoms with Crippen molar-refractivity contribution < 1.29 is 31.4 Å². The van der Waals surface area contributed by atoms with Crippen LogP contribution >= 0.6 is 23.1 Å². The lowest BCUT2D eigenvalue weighted by Crippen LogP contribution is -2.18. The van der Waals surface area contributed by atoms with Gasteiger partial charge in [0, 0.05) is 12.0 Å². The van der Waals surface area contributed by atoms with Crippen LogP contribution in [0.3, 0.4) is 0 Å². The van der Waals surface area contributed by atoms with Crippen LogP contribution in [-0.4, -0.2) is 22.1 Å². The normalized spacial score (nSPS) is 14.2. The second-order valence-corrected chi connectivity index (χ2v) is 9.72. The van der Waals surface area contributed by atoms with Gasteiger partial charge in [-0.05, 0) is 46.4 Å². The van der Waals surface area contributed by atoms with E-state index in [9.17, 15) is 31.4 Å². The topological polar surface area (TPSA) is 57.8 Å². The number of fused-ring (bicyclic) bond motifs is 1. The lowest BCUT2D eigenvalue weighted by atomic mass is 9.94. The molecular formula is C22H15F6N3OS2. The van der Waals surface area contributed by atoms with Crippen LogP contribution in [0.1, 0.15) is 34.1 Å². The molecule has 3 aromatic rings. The molecule has 1 N–H and O–H groups in total. The monoisotopic (exact) mass is 515 g/mol. The molecule has 2 aromatic carbocycles. The van der Waals surface area contributed by atoms with Crippen LogP contribution in [0.4, 0.5) is 26.3 Å². The van der Waals surface area contributed by atoms with Gasteiger partial charge in [-0.25, -0.2) is 0 Å². The third-order valence-corrected chi connectivity index (χ3v) is 7.11. The zero-order valence-corrected chi connectivity index (χ0v) is 19.0. The number of benzene rings is 2. The van der Waals surface area contributed by atoms with Gasteiger partial charge in [0.1, 0.15) is 0 Å². The van der Waals surface area contributed by atoms with Gasteiger partial charge in [-0.1, -0.05) is 30.8 Å². The Morgan fingerprint density at radius 2 is 1.79 bits per heavy atom. The van der Waals surface area contributed by atoms with Crippen molar-refractivity contribution in [3.63, 3.8) is 0 Å². The van der Waals surface area contributed by atoms with E-state index in [1.165, 1.54) is 18.0 Å². The summed E-state index contributed by atoms with van der Waals surface area (Å²) >= 11 is 2.46. The molecule has 4 rings (SSSR count). The molecule has 0 saturated heterocycles. The van der Waals surface area contributed by atoms with Crippen LogP contribution in [0.2, 0.25) is 0 Å².